The summed E-state index contributed by atoms with van der Waals surface area (Å²) in [6.45, 7) is 10.1. The Kier molecular flexibility index (Phi) is 5.83. The Morgan fingerprint density at radius 3 is 2.24 bits per heavy atom. The first-order valence-corrected chi connectivity index (χ1v) is 8.71. The molecule has 0 aromatic heterocycles. The van der Waals surface area contributed by atoms with Crippen LogP contribution in [0, 0.1) is 5.41 Å². The minimum atomic E-state index is 0.396. The molecule has 0 aliphatic carbocycles. The zero-order valence-electron chi connectivity index (χ0n) is 14.1. The van der Waals surface area contributed by atoms with Crippen molar-refractivity contribution in [3.05, 3.63) is 35.4 Å². The average molecular weight is 288 g/mol. The molecule has 1 saturated heterocycles. The van der Waals surface area contributed by atoms with E-state index in [4.69, 9.17) is 5.73 Å². The van der Waals surface area contributed by atoms with Crippen molar-refractivity contribution in [2.45, 2.75) is 58.9 Å². The zero-order chi connectivity index (χ0) is 15.3. The standard InChI is InChI=1S/C19H32N2/c1-4-16-9-7-8-10-17(16)18(15-20)21-13-11-19(5-2,6-3)12-14-21/h7-10,18H,4-6,11-15,20H2,1-3H3. The highest BCUT2D eigenvalue weighted by atomic mass is 15.2. The lowest BCUT2D eigenvalue weighted by Crippen LogP contribution is -2.43. The Balaban J connectivity index is 2.13. The van der Waals surface area contributed by atoms with Crippen molar-refractivity contribution in [2.75, 3.05) is 19.6 Å². The van der Waals surface area contributed by atoms with E-state index in [-0.39, 0.29) is 0 Å². The topological polar surface area (TPSA) is 29.3 Å². The molecule has 2 nitrogen and oxygen atoms in total. The van der Waals surface area contributed by atoms with Crippen LogP contribution in [0.15, 0.2) is 24.3 Å². The molecule has 0 radical (unpaired) electrons. The number of aryl methyl sites for hydroxylation is 1. The summed E-state index contributed by atoms with van der Waals surface area (Å²) in [5.74, 6) is 0. The molecule has 1 fully saturated rings. The third-order valence-electron chi connectivity index (χ3n) is 5.82. The fourth-order valence-electron chi connectivity index (χ4n) is 3.92. The van der Waals surface area contributed by atoms with E-state index in [2.05, 4.69) is 49.9 Å². The lowest BCUT2D eigenvalue weighted by atomic mass is 9.74. The summed E-state index contributed by atoms with van der Waals surface area (Å²) in [5.41, 5.74) is 9.64. The van der Waals surface area contributed by atoms with Gasteiger partial charge in [-0.1, -0.05) is 57.9 Å². The third kappa shape index (κ3) is 3.49. The van der Waals surface area contributed by atoms with Gasteiger partial charge in [-0.2, -0.15) is 0 Å². The molecule has 21 heavy (non-hydrogen) atoms. The molecule has 1 aliphatic rings. The smallest absolute Gasteiger partial charge is 0.0473 e. The maximum absolute atomic E-state index is 6.15. The first kappa shape index (κ1) is 16.5. The molecule has 1 aromatic rings. The van der Waals surface area contributed by atoms with Gasteiger partial charge in [0.1, 0.15) is 0 Å². The molecule has 0 spiro atoms. The molecule has 0 bridgehead atoms. The molecular formula is C19H32N2. The van der Waals surface area contributed by atoms with Gasteiger partial charge in [0.2, 0.25) is 0 Å². The number of piperidine rings is 1. The van der Waals surface area contributed by atoms with E-state index in [1.807, 2.05) is 0 Å². The Hall–Kier alpha value is -0.860. The maximum atomic E-state index is 6.15. The van der Waals surface area contributed by atoms with Crippen LogP contribution in [-0.4, -0.2) is 24.5 Å². The summed E-state index contributed by atoms with van der Waals surface area (Å²) < 4.78 is 0. The average Bonchev–Trinajstić information content (AvgIpc) is 2.57. The quantitative estimate of drug-likeness (QED) is 0.852. The van der Waals surface area contributed by atoms with Gasteiger partial charge in [0.25, 0.3) is 0 Å². The minimum Gasteiger partial charge on any atom is -0.329 e. The number of hydrogen-bond donors (Lipinski definition) is 1. The zero-order valence-corrected chi connectivity index (χ0v) is 14.1. The van der Waals surface area contributed by atoms with Gasteiger partial charge in [-0.15, -0.1) is 0 Å². The minimum absolute atomic E-state index is 0.396. The Morgan fingerprint density at radius 2 is 1.71 bits per heavy atom. The highest BCUT2D eigenvalue weighted by Gasteiger charge is 2.34. The van der Waals surface area contributed by atoms with Gasteiger partial charge in [0.05, 0.1) is 0 Å². The summed E-state index contributed by atoms with van der Waals surface area (Å²) in [4.78, 5) is 2.62. The van der Waals surface area contributed by atoms with E-state index < -0.39 is 0 Å². The first-order valence-electron chi connectivity index (χ1n) is 8.71. The number of likely N-dealkylation sites (tertiary alicyclic amines) is 1. The van der Waals surface area contributed by atoms with Gasteiger partial charge in [-0.05, 0) is 48.9 Å². The molecule has 118 valence electrons. The highest BCUT2D eigenvalue weighted by molar-refractivity contribution is 5.30. The molecule has 2 rings (SSSR count). The van der Waals surface area contributed by atoms with Crippen LogP contribution < -0.4 is 5.73 Å². The van der Waals surface area contributed by atoms with Crippen LogP contribution in [-0.2, 0) is 6.42 Å². The van der Waals surface area contributed by atoms with Crippen LogP contribution in [0.3, 0.4) is 0 Å². The van der Waals surface area contributed by atoms with Crippen LogP contribution in [0.25, 0.3) is 0 Å². The van der Waals surface area contributed by atoms with Crippen LogP contribution in [0.5, 0.6) is 0 Å². The summed E-state index contributed by atoms with van der Waals surface area (Å²) in [6.07, 6.45) is 6.37. The number of nitrogens with zero attached hydrogens (tertiary/aromatic N) is 1. The molecule has 2 heteroatoms. The Bertz CT molecular complexity index is 427. The summed E-state index contributed by atoms with van der Waals surface area (Å²) >= 11 is 0. The molecule has 2 N–H and O–H groups in total. The molecule has 0 amide bonds. The second kappa shape index (κ2) is 7.42. The monoisotopic (exact) mass is 288 g/mol. The SMILES string of the molecule is CCc1ccccc1C(CN)N1CCC(CC)(CC)CC1. The largest absolute Gasteiger partial charge is 0.329 e. The predicted molar refractivity (Wildman–Crippen MR) is 91.4 cm³/mol. The summed E-state index contributed by atoms with van der Waals surface area (Å²) in [6, 6.07) is 9.23. The number of nitrogens with two attached hydrogens (primary N) is 1. The van der Waals surface area contributed by atoms with Crippen LogP contribution in [0.4, 0.5) is 0 Å². The van der Waals surface area contributed by atoms with Crippen LogP contribution >= 0.6 is 0 Å². The van der Waals surface area contributed by atoms with Crippen molar-refractivity contribution in [2.24, 2.45) is 11.1 Å². The lowest BCUT2D eigenvalue weighted by molar-refractivity contribution is 0.0677. The van der Waals surface area contributed by atoms with Gasteiger partial charge in [-0.25, -0.2) is 0 Å². The first-order chi connectivity index (χ1) is 10.2. The molecule has 1 unspecified atom stereocenters. The maximum Gasteiger partial charge on any atom is 0.0473 e. The molecule has 1 aliphatic heterocycles. The number of rotatable bonds is 6. The Labute approximate surface area is 130 Å². The summed E-state index contributed by atoms with van der Waals surface area (Å²) in [7, 11) is 0. The summed E-state index contributed by atoms with van der Waals surface area (Å²) in [5, 5.41) is 0. The number of benzene rings is 1. The fraction of sp³-hybridized carbons (Fsp3) is 0.684. The normalized spacial score (nSPS) is 20.4. The van der Waals surface area contributed by atoms with Gasteiger partial charge in [-0.3, -0.25) is 4.90 Å². The fourth-order valence-corrected chi connectivity index (χ4v) is 3.92. The van der Waals surface area contributed by atoms with Crippen LogP contribution in [0.2, 0.25) is 0 Å². The van der Waals surface area contributed by atoms with Crippen molar-refractivity contribution >= 4 is 0 Å². The molecule has 1 heterocycles. The van der Waals surface area contributed by atoms with Crippen molar-refractivity contribution in [3.8, 4) is 0 Å². The number of hydrogen-bond acceptors (Lipinski definition) is 2. The Morgan fingerprint density at radius 1 is 1.10 bits per heavy atom. The molecule has 1 atom stereocenters. The second-order valence-corrected chi connectivity index (χ2v) is 6.55. The van der Waals surface area contributed by atoms with Crippen molar-refractivity contribution in [1.29, 1.82) is 0 Å². The van der Waals surface area contributed by atoms with E-state index >= 15 is 0 Å². The van der Waals surface area contributed by atoms with Crippen molar-refractivity contribution in [1.82, 2.24) is 4.90 Å². The van der Waals surface area contributed by atoms with E-state index in [1.54, 1.807) is 0 Å². The van der Waals surface area contributed by atoms with Gasteiger partial charge >= 0.3 is 0 Å². The van der Waals surface area contributed by atoms with E-state index in [0.717, 1.165) is 13.0 Å². The lowest BCUT2D eigenvalue weighted by Gasteiger charge is -2.44. The van der Waals surface area contributed by atoms with E-state index in [9.17, 15) is 0 Å². The third-order valence-corrected chi connectivity index (χ3v) is 5.82. The second-order valence-electron chi connectivity index (χ2n) is 6.55. The highest BCUT2D eigenvalue weighted by Crippen LogP contribution is 2.40. The van der Waals surface area contributed by atoms with E-state index in [1.165, 1.54) is 49.9 Å². The molecule has 0 saturated carbocycles. The van der Waals surface area contributed by atoms with E-state index in [0.29, 0.717) is 11.5 Å². The molecular weight excluding hydrogens is 256 g/mol. The molecule has 1 aromatic carbocycles. The van der Waals surface area contributed by atoms with Gasteiger partial charge in [0, 0.05) is 12.6 Å². The van der Waals surface area contributed by atoms with Crippen molar-refractivity contribution in [3.63, 3.8) is 0 Å². The predicted octanol–water partition coefficient (Wildman–Crippen LogP) is 4.15. The van der Waals surface area contributed by atoms with Crippen LogP contribution in [0.1, 0.15) is 63.6 Å². The van der Waals surface area contributed by atoms with Crippen molar-refractivity contribution < 1.29 is 0 Å². The van der Waals surface area contributed by atoms with Gasteiger partial charge < -0.3 is 5.73 Å². The van der Waals surface area contributed by atoms with Gasteiger partial charge in [0.15, 0.2) is 0 Å².